The third kappa shape index (κ3) is 7.93. The van der Waals surface area contributed by atoms with E-state index in [1.54, 1.807) is 0 Å². The molecule has 2 fully saturated rings. The van der Waals surface area contributed by atoms with Crippen LogP contribution in [0.25, 0.3) is 0 Å². The second-order valence-electron chi connectivity index (χ2n) is 14.7. The largest absolute Gasteiger partial charge is 0.507 e. The quantitative estimate of drug-likeness (QED) is 0.173. The summed E-state index contributed by atoms with van der Waals surface area (Å²) in [5.74, 6) is 1.82. The van der Waals surface area contributed by atoms with Gasteiger partial charge in [0.25, 0.3) is 0 Å². The fraction of sp³-hybridized carbons (Fsp3) is 0.415. The smallest absolute Gasteiger partial charge is 0.397 e. The SMILES string of the molecule is Cc1cc(C)c(O)c(C(C)c2cc(C)cc(C)c2OP2OCC3(CO2)COP(Oc2c(C)cc(C)cc2C(C)c2cc(C)cc(C)c2O)OC3)c1. The molecule has 0 saturated carbocycles. The van der Waals surface area contributed by atoms with Gasteiger partial charge in [0.15, 0.2) is 0 Å². The standard InChI is InChI=1S/C41H50O8P2/c1-23-11-27(5)37(42)33(15-23)31(9)35-17-25(3)13-29(7)39(35)48-50-44-19-41(20-45-50)21-46-51(47-22-41)49-40-30(8)14-26(4)18-36(40)32(10)34-16-24(2)12-28(6)38(34)43/h11-18,31-32,42-43H,19-22H2,1-10H3. The lowest BCUT2D eigenvalue weighted by Gasteiger charge is -2.41. The van der Waals surface area contributed by atoms with Gasteiger partial charge < -0.3 is 37.4 Å². The highest BCUT2D eigenvalue weighted by Crippen LogP contribution is 2.55. The Balaban J connectivity index is 1.12. The Morgan fingerprint density at radius 2 is 0.784 bits per heavy atom. The molecule has 2 heterocycles. The van der Waals surface area contributed by atoms with E-state index in [1.807, 2.05) is 65.8 Å². The van der Waals surface area contributed by atoms with Crippen molar-refractivity contribution in [1.29, 1.82) is 0 Å². The molecule has 8 nitrogen and oxygen atoms in total. The zero-order valence-electron chi connectivity index (χ0n) is 31.3. The lowest BCUT2D eigenvalue weighted by atomic mass is 9.87. The molecule has 4 aromatic rings. The predicted molar refractivity (Wildman–Crippen MR) is 203 cm³/mol. The first-order valence-corrected chi connectivity index (χ1v) is 19.6. The third-order valence-corrected chi connectivity index (χ3v) is 12.0. The normalized spacial score (nSPS) is 21.8. The molecule has 2 N–H and O–H groups in total. The highest BCUT2D eigenvalue weighted by atomic mass is 31.2. The van der Waals surface area contributed by atoms with Gasteiger partial charge in [0.1, 0.15) is 23.0 Å². The van der Waals surface area contributed by atoms with Crippen molar-refractivity contribution in [2.45, 2.75) is 81.1 Å². The topological polar surface area (TPSA) is 95.8 Å². The van der Waals surface area contributed by atoms with Crippen molar-refractivity contribution in [3.05, 3.63) is 115 Å². The number of phenols is 2. The molecule has 2 atom stereocenters. The molecule has 4 aromatic carbocycles. The van der Waals surface area contributed by atoms with Crippen LogP contribution in [-0.2, 0) is 18.1 Å². The summed E-state index contributed by atoms with van der Waals surface area (Å²) in [6.07, 6.45) is 0. The van der Waals surface area contributed by atoms with Gasteiger partial charge >= 0.3 is 17.2 Å². The lowest BCUT2D eigenvalue weighted by molar-refractivity contribution is -0.0673. The summed E-state index contributed by atoms with van der Waals surface area (Å²) in [5, 5.41) is 21.9. The van der Waals surface area contributed by atoms with E-state index in [2.05, 4.69) is 52.0 Å². The molecule has 2 unspecified atom stereocenters. The minimum atomic E-state index is -1.67. The van der Waals surface area contributed by atoms with Gasteiger partial charge in [0.2, 0.25) is 0 Å². The van der Waals surface area contributed by atoms with E-state index in [4.69, 9.17) is 27.1 Å². The van der Waals surface area contributed by atoms with Crippen LogP contribution in [0, 0.1) is 60.8 Å². The first-order chi connectivity index (χ1) is 24.1. The summed E-state index contributed by atoms with van der Waals surface area (Å²) in [5.41, 5.74) is 11.3. The van der Waals surface area contributed by atoms with Gasteiger partial charge in [-0.3, -0.25) is 0 Å². The van der Waals surface area contributed by atoms with Crippen LogP contribution in [-0.4, -0.2) is 36.6 Å². The highest BCUT2D eigenvalue weighted by molar-refractivity contribution is 7.42. The number of hydrogen-bond acceptors (Lipinski definition) is 8. The first-order valence-electron chi connectivity index (χ1n) is 17.4. The van der Waals surface area contributed by atoms with E-state index in [-0.39, 0.29) is 11.8 Å². The van der Waals surface area contributed by atoms with E-state index in [0.29, 0.717) is 37.9 Å². The van der Waals surface area contributed by atoms with Gasteiger partial charge in [0, 0.05) is 34.1 Å². The van der Waals surface area contributed by atoms with Crippen molar-refractivity contribution >= 4 is 17.2 Å². The summed E-state index contributed by atoms with van der Waals surface area (Å²) in [4.78, 5) is 0. The number of hydrogen-bond donors (Lipinski definition) is 2. The Bertz CT molecular complexity index is 1780. The second-order valence-corrected chi connectivity index (χ2v) is 17.0. The maximum absolute atomic E-state index is 11.0. The van der Waals surface area contributed by atoms with E-state index < -0.39 is 22.6 Å². The van der Waals surface area contributed by atoms with Gasteiger partial charge in [-0.05, 0) is 77.6 Å². The van der Waals surface area contributed by atoms with Gasteiger partial charge in [-0.2, -0.15) is 0 Å². The highest BCUT2D eigenvalue weighted by Gasteiger charge is 2.45. The zero-order chi connectivity index (χ0) is 36.8. The molecule has 0 bridgehead atoms. The molecule has 0 radical (unpaired) electrons. The molecule has 0 aliphatic carbocycles. The minimum absolute atomic E-state index is 0.116. The van der Waals surface area contributed by atoms with Crippen LogP contribution in [0.1, 0.15) is 92.4 Å². The van der Waals surface area contributed by atoms with Crippen LogP contribution in [0.15, 0.2) is 48.5 Å². The number of aromatic hydroxyl groups is 2. The number of phenolic OH excluding ortho intramolecular Hbond substituents is 2. The molecule has 1 spiro atoms. The Kier molecular flexibility index (Phi) is 11.1. The fourth-order valence-electron chi connectivity index (χ4n) is 7.19. The van der Waals surface area contributed by atoms with Gasteiger partial charge in [-0.1, -0.05) is 84.6 Å². The van der Waals surface area contributed by atoms with Crippen LogP contribution in [0.3, 0.4) is 0 Å². The van der Waals surface area contributed by atoms with Gasteiger partial charge in [0.05, 0.1) is 31.8 Å². The first kappa shape index (κ1) is 37.5. The zero-order valence-corrected chi connectivity index (χ0v) is 33.1. The van der Waals surface area contributed by atoms with Crippen LogP contribution in [0.5, 0.6) is 23.0 Å². The molecular weight excluding hydrogens is 682 g/mol. The van der Waals surface area contributed by atoms with E-state index in [9.17, 15) is 10.2 Å². The van der Waals surface area contributed by atoms with Crippen molar-refractivity contribution in [3.63, 3.8) is 0 Å². The van der Waals surface area contributed by atoms with E-state index >= 15 is 0 Å². The maximum Gasteiger partial charge on any atom is 0.397 e. The van der Waals surface area contributed by atoms with Crippen LogP contribution < -0.4 is 9.05 Å². The Labute approximate surface area is 305 Å². The minimum Gasteiger partial charge on any atom is -0.507 e. The molecule has 2 aliphatic heterocycles. The molecule has 2 saturated heterocycles. The third-order valence-electron chi connectivity index (χ3n) is 9.95. The van der Waals surface area contributed by atoms with E-state index in [1.165, 1.54) is 0 Å². The predicted octanol–water partition coefficient (Wildman–Crippen LogP) is 10.9. The molecule has 0 aromatic heterocycles. The average molecular weight is 733 g/mol. The Morgan fingerprint density at radius 1 is 0.490 bits per heavy atom. The molecule has 0 amide bonds. The molecular formula is C41H50O8P2. The second kappa shape index (κ2) is 15.0. The summed E-state index contributed by atoms with van der Waals surface area (Å²) in [6, 6.07) is 16.5. The van der Waals surface area contributed by atoms with E-state index in [0.717, 1.165) is 78.3 Å². The summed E-state index contributed by atoms with van der Waals surface area (Å²) >= 11 is 0. The maximum atomic E-state index is 11.0. The molecule has 2 aliphatic rings. The number of benzene rings is 4. The number of rotatable bonds is 8. The van der Waals surface area contributed by atoms with Crippen molar-refractivity contribution in [1.82, 2.24) is 0 Å². The van der Waals surface area contributed by atoms with Crippen molar-refractivity contribution in [2.75, 3.05) is 26.4 Å². The lowest BCUT2D eigenvalue weighted by Crippen LogP contribution is -2.45. The molecule has 51 heavy (non-hydrogen) atoms. The summed E-state index contributed by atoms with van der Waals surface area (Å²) in [6.45, 7) is 21.7. The van der Waals surface area contributed by atoms with Crippen LogP contribution >= 0.6 is 17.2 Å². The van der Waals surface area contributed by atoms with Crippen molar-refractivity contribution < 1.29 is 37.4 Å². The van der Waals surface area contributed by atoms with Gasteiger partial charge in [-0.25, -0.2) is 0 Å². The van der Waals surface area contributed by atoms with Crippen molar-refractivity contribution in [2.24, 2.45) is 5.41 Å². The molecule has 6 rings (SSSR count). The summed E-state index contributed by atoms with van der Waals surface area (Å²) in [7, 11) is -3.35. The van der Waals surface area contributed by atoms with Crippen LogP contribution in [0.4, 0.5) is 0 Å². The fourth-order valence-corrected chi connectivity index (χ4v) is 9.86. The van der Waals surface area contributed by atoms with Crippen molar-refractivity contribution in [3.8, 4) is 23.0 Å². The van der Waals surface area contributed by atoms with Gasteiger partial charge in [-0.15, -0.1) is 0 Å². The Morgan fingerprint density at radius 3 is 1.12 bits per heavy atom. The van der Waals surface area contributed by atoms with Crippen LogP contribution in [0.2, 0.25) is 0 Å². The molecule has 272 valence electrons. The average Bonchev–Trinajstić information content (AvgIpc) is 3.08. The Hall–Kier alpha value is -3.22. The summed E-state index contributed by atoms with van der Waals surface area (Å²) < 4.78 is 37.9. The molecule has 10 heteroatoms. The monoisotopic (exact) mass is 732 g/mol. The number of aryl methyl sites for hydroxylation is 8.